The number of amides is 1. The molecule has 0 unspecified atom stereocenters. The van der Waals surface area contributed by atoms with Gasteiger partial charge in [-0.25, -0.2) is 4.98 Å². The summed E-state index contributed by atoms with van der Waals surface area (Å²) < 4.78 is 0. The summed E-state index contributed by atoms with van der Waals surface area (Å²) in [7, 11) is 4.14. The van der Waals surface area contributed by atoms with Crippen LogP contribution in [0.15, 0.2) is 18.2 Å². The Bertz CT molecular complexity index is 630. The highest BCUT2D eigenvalue weighted by Gasteiger charge is 2.41. The van der Waals surface area contributed by atoms with Gasteiger partial charge in [-0.2, -0.15) is 0 Å². The van der Waals surface area contributed by atoms with Crippen LogP contribution in [0, 0.1) is 5.41 Å². The highest BCUT2D eigenvalue weighted by atomic mass is 16.2. The van der Waals surface area contributed by atoms with Crippen LogP contribution >= 0.6 is 0 Å². The third kappa shape index (κ3) is 4.37. The molecule has 2 saturated heterocycles. The number of carbonyl (C=O) groups excluding carboxylic acids is 1. The topological polar surface area (TPSA) is 39.7 Å². The quantitative estimate of drug-likeness (QED) is 0.811. The second-order valence-corrected chi connectivity index (χ2v) is 8.72. The van der Waals surface area contributed by atoms with Crippen LogP contribution in [-0.2, 0) is 4.79 Å². The number of anilines is 1. The van der Waals surface area contributed by atoms with E-state index in [4.69, 9.17) is 4.98 Å². The Kier molecular flexibility index (Phi) is 5.86. The van der Waals surface area contributed by atoms with Crippen molar-refractivity contribution >= 4 is 11.7 Å². The van der Waals surface area contributed by atoms with Gasteiger partial charge in [-0.05, 0) is 51.4 Å². The van der Waals surface area contributed by atoms with Gasteiger partial charge < -0.3 is 14.7 Å². The lowest BCUT2D eigenvalue weighted by Crippen LogP contribution is -2.55. The van der Waals surface area contributed by atoms with Crippen molar-refractivity contribution in [1.82, 2.24) is 14.8 Å². The number of nitrogens with zero attached hydrogens (tertiary/aromatic N) is 4. The maximum absolute atomic E-state index is 12.4. The van der Waals surface area contributed by atoms with Crippen molar-refractivity contribution in [2.75, 3.05) is 51.7 Å². The van der Waals surface area contributed by atoms with Crippen molar-refractivity contribution < 1.29 is 4.79 Å². The summed E-state index contributed by atoms with van der Waals surface area (Å²) in [5.74, 6) is 1.88. The van der Waals surface area contributed by atoms with E-state index in [2.05, 4.69) is 60.8 Å². The number of rotatable bonds is 5. The molecule has 0 N–H and O–H groups in total. The largest absolute Gasteiger partial charge is 0.356 e. The number of pyridine rings is 1. The number of aromatic nitrogens is 1. The predicted molar refractivity (Wildman–Crippen MR) is 107 cm³/mol. The zero-order valence-electron chi connectivity index (χ0n) is 16.9. The summed E-state index contributed by atoms with van der Waals surface area (Å²) in [5.41, 5.74) is 1.39. The van der Waals surface area contributed by atoms with Gasteiger partial charge in [0.15, 0.2) is 0 Å². The fraction of sp³-hybridized carbons (Fsp3) is 0.714. The second-order valence-electron chi connectivity index (χ2n) is 8.72. The number of likely N-dealkylation sites (N-methyl/N-ethyl adjacent to an activating group) is 1. The van der Waals surface area contributed by atoms with Crippen LogP contribution in [0.2, 0.25) is 0 Å². The Labute approximate surface area is 158 Å². The SMILES string of the molecule is CC(C)c1cccc(N2CCC[C@@]3(CCC(=O)N(CCN(C)C)C3)C2)n1. The van der Waals surface area contributed by atoms with E-state index in [0.29, 0.717) is 18.2 Å². The van der Waals surface area contributed by atoms with Gasteiger partial charge in [-0.1, -0.05) is 19.9 Å². The first-order valence-corrected chi connectivity index (χ1v) is 10.0. The van der Waals surface area contributed by atoms with Crippen LogP contribution in [0.3, 0.4) is 0 Å². The number of hydrogen-bond donors (Lipinski definition) is 0. The van der Waals surface area contributed by atoms with E-state index in [9.17, 15) is 4.79 Å². The summed E-state index contributed by atoms with van der Waals surface area (Å²) in [5, 5.41) is 0. The molecule has 1 aromatic heterocycles. The van der Waals surface area contributed by atoms with Crippen LogP contribution in [0.5, 0.6) is 0 Å². The molecule has 0 bridgehead atoms. The molecule has 1 atom stereocenters. The summed E-state index contributed by atoms with van der Waals surface area (Å²) in [6, 6.07) is 6.39. The minimum Gasteiger partial charge on any atom is -0.356 e. The molecular weight excluding hydrogens is 324 g/mol. The van der Waals surface area contributed by atoms with Gasteiger partial charge in [-0.15, -0.1) is 0 Å². The third-order valence-electron chi connectivity index (χ3n) is 5.90. The van der Waals surface area contributed by atoms with Crippen molar-refractivity contribution in [3.8, 4) is 0 Å². The third-order valence-corrected chi connectivity index (χ3v) is 5.90. The van der Waals surface area contributed by atoms with Crippen molar-refractivity contribution in [1.29, 1.82) is 0 Å². The van der Waals surface area contributed by atoms with Crippen molar-refractivity contribution in [2.45, 2.75) is 45.4 Å². The Balaban J connectivity index is 1.72. The average molecular weight is 359 g/mol. The summed E-state index contributed by atoms with van der Waals surface area (Å²) in [6.45, 7) is 9.16. The van der Waals surface area contributed by atoms with Gasteiger partial charge in [-0.3, -0.25) is 4.79 Å². The zero-order chi connectivity index (χ0) is 18.7. The molecule has 1 amide bonds. The lowest BCUT2D eigenvalue weighted by atomic mass is 9.73. The van der Waals surface area contributed by atoms with E-state index >= 15 is 0 Å². The van der Waals surface area contributed by atoms with E-state index in [0.717, 1.165) is 50.7 Å². The lowest BCUT2D eigenvalue weighted by Gasteiger charge is -2.48. The Morgan fingerprint density at radius 3 is 2.77 bits per heavy atom. The van der Waals surface area contributed by atoms with Gasteiger partial charge in [0.25, 0.3) is 0 Å². The average Bonchev–Trinajstić information content (AvgIpc) is 2.63. The molecule has 1 spiro atoms. The minimum atomic E-state index is 0.230. The van der Waals surface area contributed by atoms with E-state index < -0.39 is 0 Å². The molecule has 3 heterocycles. The smallest absolute Gasteiger partial charge is 0.222 e. The van der Waals surface area contributed by atoms with Crippen LogP contribution in [0.1, 0.15) is 51.1 Å². The molecule has 0 saturated carbocycles. The monoisotopic (exact) mass is 358 g/mol. The second kappa shape index (κ2) is 7.95. The lowest BCUT2D eigenvalue weighted by molar-refractivity contribution is -0.138. The summed E-state index contributed by atoms with van der Waals surface area (Å²) in [4.78, 5) is 24.0. The molecule has 0 radical (unpaired) electrons. The number of carbonyl (C=O) groups is 1. The molecule has 0 aliphatic carbocycles. The maximum atomic E-state index is 12.4. The van der Waals surface area contributed by atoms with E-state index in [-0.39, 0.29) is 5.41 Å². The van der Waals surface area contributed by atoms with E-state index in [1.54, 1.807) is 0 Å². The standard InChI is InChI=1S/C21H34N4O/c1-17(2)18-7-5-8-19(22-18)24-12-6-10-21(15-24)11-9-20(26)25(16-21)14-13-23(3)4/h5,7-8,17H,6,9-16H2,1-4H3/t21-/m1/s1. The molecule has 26 heavy (non-hydrogen) atoms. The minimum absolute atomic E-state index is 0.230. The summed E-state index contributed by atoms with van der Waals surface area (Å²) in [6.07, 6.45) is 4.12. The zero-order valence-corrected chi connectivity index (χ0v) is 16.9. The Morgan fingerprint density at radius 2 is 2.04 bits per heavy atom. The van der Waals surface area contributed by atoms with Gasteiger partial charge >= 0.3 is 0 Å². The van der Waals surface area contributed by atoms with Crippen molar-refractivity contribution in [2.24, 2.45) is 5.41 Å². The predicted octanol–water partition coefficient (Wildman–Crippen LogP) is 2.98. The summed E-state index contributed by atoms with van der Waals surface area (Å²) >= 11 is 0. The fourth-order valence-corrected chi connectivity index (χ4v) is 4.30. The van der Waals surface area contributed by atoms with Gasteiger partial charge in [0, 0.05) is 50.3 Å². The van der Waals surface area contributed by atoms with Gasteiger partial charge in [0.05, 0.1) is 0 Å². The molecule has 5 heteroatoms. The fourth-order valence-electron chi connectivity index (χ4n) is 4.30. The first kappa shape index (κ1) is 19.2. The number of piperidine rings is 2. The molecule has 144 valence electrons. The molecule has 2 aliphatic heterocycles. The first-order chi connectivity index (χ1) is 12.4. The normalized spacial score (nSPS) is 24.2. The molecule has 2 aliphatic rings. The van der Waals surface area contributed by atoms with Crippen molar-refractivity contribution in [3.63, 3.8) is 0 Å². The van der Waals surface area contributed by atoms with Crippen LogP contribution in [0.4, 0.5) is 5.82 Å². The maximum Gasteiger partial charge on any atom is 0.222 e. The molecule has 3 rings (SSSR count). The number of hydrogen-bond acceptors (Lipinski definition) is 4. The highest BCUT2D eigenvalue weighted by Crippen LogP contribution is 2.40. The van der Waals surface area contributed by atoms with Gasteiger partial charge in [0.2, 0.25) is 5.91 Å². The molecule has 1 aromatic rings. The first-order valence-electron chi connectivity index (χ1n) is 10.0. The van der Waals surface area contributed by atoms with Crippen molar-refractivity contribution in [3.05, 3.63) is 23.9 Å². The Morgan fingerprint density at radius 1 is 1.23 bits per heavy atom. The molecule has 2 fully saturated rings. The van der Waals surface area contributed by atoms with Crippen LogP contribution < -0.4 is 4.90 Å². The van der Waals surface area contributed by atoms with E-state index in [1.807, 2.05) is 0 Å². The Hall–Kier alpha value is -1.62. The molecule has 5 nitrogen and oxygen atoms in total. The molecular formula is C21H34N4O. The van der Waals surface area contributed by atoms with Crippen LogP contribution in [-0.4, -0.2) is 67.5 Å². The van der Waals surface area contributed by atoms with Crippen LogP contribution in [0.25, 0.3) is 0 Å². The van der Waals surface area contributed by atoms with E-state index in [1.165, 1.54) is 12.8 Å². The molecule has 0 aromatic carbocycles. The number of likely N-dealkylation sites (tertiary alicyclic amines) is 1. The van der Waals surface area contributed by atoms with Gasteiger partial charge in [0.1, 0.15) is 5.82 Å². The highest BCUT2D eigenvalue weighted by molar-refractivity contribution is 5.77.